The Labute approximate surface area is 92.5 Å². The molecule has 0 radical (unpaired) electrons. The van der Waals surface area contributed by atoms with Crippen LogP contribution in [0.4, 0.5) is 0 Å². The summed E-state index contributed by atoms with van der Waals surface area (Å²) < 4.78 is 10.9. The summed E-state index contributed by atoms with van der Waals surface area (Å²) >= 11 is 1.77. The minimum Gasteiger partial charge on any atom is -0.371 e. The summed E-state index contributed by atoms with van der Waals surface area (Å²) in [4.78, 5) is 1.38. The highest BCUT2D eigenvalue weighted by Gasteiger charge is 2.30. The maximum absolute atomic E-state index is 7.92. The second-order valence-electron chi connectivity index (χ2n) is 3.99. The van der Waals surface area contributed by atoms with Gasteiger partial charge in [0.05, 0.1) is 13.2 Å². The average molecular weight is 223 g/mol. The molecule has 1 saturated heterocycles. The van der Waals surface area contributed by atoms with E-state index < -0.39 is 0 Å². The molecule has 0 amide bonds. The van der Waals surface area contributed by atoms with E-state index >= 15 is 0 Å². The fraction of sp³-hybridized carbons (Fsp3) is 0.545. The minimum absolute atomic E-state index is 0.107. The first-order valence-corrected chi connectivity index (χ1v) is 6.09. The van der Waals surface area contributed by atoms with Crippen LogP contribution in [-0.2, 0) is 15.9 Å². The smallest absolute Gasteiger partial charge is 0.121 e. The van der Waals surface area contributed by atoms with Crippen LogP contribution in [0.25, 0.3) is 0 Å². The van der Waals surface area contributed by atoms with Gasteiger partial charge in [0.1, 0.15) is 12.2 Å². The summed E-state index contributed by atoms with van der Waals surface area (Å²) in [6.07, 6.45) is 2.01. The normalized spacial score (nSPS) is 28.9. The molecule has 4 heteroatoms. The van der Waals surface area contributed by atoms with Gasteiger partial charge in [-0.3, -0.25) is 0 Å². The zero-order chi connectivity index (χ0) is 10.3. The summed E-state index contributed by atoms with van der Waals surface area (Å²) in [5.41, 5.74) is 1.92. The number of thiophene rings is 1. The third kappa shape index (κ3) is 1.85. The van der Waals surface area contributed by atoms with Crippen molar-refractivity contribution in [3.63, 3.8) is 0 Å². The van der Waals surface area contributed by atoms with E-state index in [1.165, 1.54) is 10.4 Å². The van der Waals surface area contributed by atoms with Crippen LogP contribution in [0.1, 0.15) is 23.0 Å². The molecule has 2 atom stereocenters. The summed E-state index contributed by atoms with van der Waals surface area (Å²) in [7, 11) is 0. The predicted octanol–water partition coefficient (Wildman–Crippen LogP) is 2.17. The molecule has 80 valence electrons. The highest BCUT2D eigenvalue weighted by Crippen LogP contribution is 2.34. The monoisotopic (exact) mass is 223 g/mol. The topological polar surface area (TPSA) is 45.6 Å². The van der Waals surface area contributed by atoms with Crippen LogP contribution in [0.15, 0.2) is 11.4 Å². The van der Waals surface area contributed by atoms with Crippen molar-refractivity contribution in [2.75, 3.05) is 13.2 Å². The molecular weight excluding hydrogens is 210 g/mol. The molecule has 0 spiro atoms. The minimum atomic E-state index is -0.107. The van der Waals surface area contributed by atoms with Gasteiger partial charge in [-0.1, -0.05) is 0 Å². The molecule has 3 nitrogen and oxygen atoms in total. The number of nitrogens with one attached hydrogen (secondary N) is 1. The summed E-state index contributed by atoms with van der Waals surface area (Å²) in [6, 6.07) is 2.09. The Bertz CT molecular complexity index is 384. The van der Waals surface area contributed by atoms with Crippen LogP contribution in [0, 0.1) is 5.41 Å². The number of ether oxygens (including phenoxy) is 2. The van der Waals surface area contributed by atoms with Crippen molar-refractivity contribution in [2.24, 2.45) is 0 Å². The van der Waals surface area contributed by atoms with Gasteiger partial charge >= 0.3 is 0 Å². The average Bonchev–Trinajstić information content (AvgIpc) is 2.93. The van der Waals surface area contributed by atoms with E-state index in [0.29, 0.717) is 12.3 Å². The molecule has 15 heavy (non-hydrogen) atoms. The van der Waals surface area contributed by atoms with Gasteiger partial charge in [0.2, 0.25) is 0 Å². The SMILES string of the molecule is N=C1CCc2sccc2C1OCC1CO1. The van der Waals surface area contributed by atoms with Gasteiger partial charge in [-0.2, -0.15) is 0 Å². The van der Waals surface area contributed by atoms with E-state index in [9.17, 15) is 0 Å². The molecule has 2 unspecified atom stereocenters. The molecule has 0 bridgehead atoms. The first-order chi connectivity index (χ1) is 7.34. The highest BCUT2D eigenvalue weighted by atomic mass is 32.1. The van der Waals surface area contributed by atoms with Gasteiger partial charge in [-0.25, -0.2) is 0 Å². The Morgan fingerprint density at radius 1 is 1.53 bits per heavy atom. The Morgan fingerprint density at radius 2 is 2.40 bits per heavy atom. The number of aryl methyl sites for hydroxylation is 1. The third-order valence-corrected chi connectivity index (χ3v) is 3.85. The number of rotatable bonds is 3. The van der Waals surface area contributed by atoms with Gasteiger partial charge in [0, 0.05) is 16.2 Å². The van der Waals surface area contributed by atoms with E-state index in [1.807, 2.05) is 0 Å². The lowest BCUT2D eigenvalue weighted by Gasteiger charge is -2.23. The van der Waals surface area contributed by atoms with E-state index in [-0.39, 0.29) is 12.2 Å². The number of hydrogen-bond donors (Lipinski definition) is 1. The molecule has 1 aliphatic heterocycles. The van der Waals surface area contributed by atoms with Gasteiger partial charge in [0.15, 0.2) is 0 Å². The van der Waals surface area contributed by atoms with Crippen molar-refractivity contribution in [1.29, 1.82) is 5.41 Å². The fourth-order valence-electron chi connectivity index (χ4n) is 1.91. The van der Waals surface area contributed by atoms with Crippen LogP contribution >= 0.6 is 11.3 Å². The van der Waals surface area contributed by atoms with Gasteiger partial charge in [-0.05, 0) is 24.3 Å². The van der Waals surface area contributed by atoms with Crippen LogP contribution in [0.3, 0.4) is 0 Å². The predicted molar refractivity (Wildman–Crippen MR) is 58.8 cm³/mol. The fourth-order valence-corrected chi connectivity index (χ4v) is 2.82. The summed E-state index contributed by atoms with van der Waals surface area (Å²) in [6.45, 7) is 1.44. The number of epoxide rings is 1. The zero-order valence-electron chi connectivity index (χ0n) is 8.36. The molecule has 3 rings (SSSR count). The maximum Gasteiger partial charge on any atom is 0.121 e. The van der Waals surface area contributed by atoms with Gasteiger partial charge in [0.25, 0.3) is 0 Å². The standard InChI is InChI=1S/C11H13NO2S/c12-9-1-2-10-8(3-4-15-10)11(9)14-6-7-5-13-7/h3-4,7,11-12H,1-2,5-6H2. The quantitative estimate of drug-likeness (QED) is 0.798. The molecule has 1 aromatic heterocycles. The zero-order valence-corrected chi connectivity index (χ0v) is 9.18. The van der Waals surface area contributed by atoms with Crippen LogP contribution in [0.2, 0.25) is 0 Å². The molecule has 0 saturated carbocycles. The molecule has 1 aliphatic carbocycles. The van der Waals surface area contributed by atoms with Crippen LogP contribution in [-0.4, -0.2) is 25.0 Å². The lowest BCUT2D eigenvalue weighted by molar-refractivity contribution is 0.0801. The molecular formula is C11H13NO2S. The van der Waals surface area contributed by atoms with Crippen molar-refractivity contribution in [1.82, 2.24) is 0 Å². The van der Waals surface area contributed by atoms with Crippen LogP contribution < -0.4 is 0 Å². The second-order valence-corrected chi connectivity index (χ2v) is 4.99. The van der Waals surface area contributed by atoms with Crippen LogP contribution in [0.5, 0.6) is 0 Å². The van der Waals surface area contributed by atoms with Crippen molar-refractivity contribution in [3.8, 4) is 0 Å². The maximum atomic E-state index is 7.92. The summed E-state index contributed by atoms with van der Waals surface area (Å²) in [5, 5.41) is 10.0. The Hall–Kier alpha value is -0.710. The summed E-state index contributed by atoms with van der Waals surface area (Å²) in [5.74, 6) is 0. The van der Waals surface area contributed by atoms with Crippen molar-refractivity contribution in [3.05, 3.63) is 21.9 Å². The third-order valence-electron chi connectivity index (χ3n) is 2.85. The molecule has 1 aromatic rings. The van der Waals surface area contributed by atoms with Gasteiger partial charge < -0.3 is 14.9 Å². The molecule has 1 N–H and O–H groups in total. The van der Waals surface area contributed by atoms with Gasteiger partial charge in [-0.15, -0.1) is 11.3 Å². The van der Waals surface area contributed by atoms with E-state index in [2.05, 4.69) is 11.4 Å². The van der Waals surface area contributed by atoms with E-state index in [1.54, 1.807) is 11.3 Å². The number of hydrogen-bond acceptors (Lipinski definition) is 4. The van der Waals surface area contributed by atoms with E-state index in [0.717, 1.165) is 19.4 Å². The highest BCUT2D eigenvalue weighted by molar-refractivity contribution is 7.10. The first-order valence-electron chi connectivity index (χ1n) is 5.21. The molecule has 2 heterocycles. The largest absolute Gasteiger partial charge is 0.371 e. The Kier molecular flexibility index (Phi) is 2.35. The van der Waals surface area contributed by atoms with E-state index in [4.69, 9.17) is 14.9 Å². The molecule has 0 aromatic carbocycles. The molecule has 1 fully saturated rings. The second kappa shape index (κ2) is 3.70. The van der Waals surface area contributed by atoms with Crippen molar-refractivity contribution < 1.29 is 9.47 Å². The molecule has 2 aliphatic rings. The lowest BCUT2D eigenvalue weighted by Crippen LogP contribution is -2.22. The van der Waals surface area contributed by atoms with Crippen molar-refractivity contribution >= 4 is 17.0 Å². The number of fused-ring (bicyclic) bond motifs is 1. The first kappa shape index (κ1) is 9.51. The Morgan fingerprint density at radius 3 is 3.20 bits per heavy atom. The van der Waals surface area contributed by atoms with Crippen molar-refractivity contribution in [2.45, 2.75) is 25.0 Å². The lowest BCUT2D eigenvalue weighted by atomic mass is 9.94. The Balaban J connectivity index is 1.77.